The Morgan fingerprint density at radius 3 is 1.90 bits per heavy atom. The molecule has 1 aliphatic rings. The van der Waals surface area contributed by atoms with E-state index in [0.717, 1.165) is 0 Å². The van der Waals surface area contributed by atoms with E-state index < -0.39 is 44.9 Å². The van der Waals surface area contributed by atoms with E-state index in [1.165, 1.54) is 38.5 Å². The largest absolute Gasteiger partial charge is 0.409 e. The second kappa shape index (κ2) is 12.4. The van der Waals surface area contributed by atoms with E-state index in [1.54, 1.807) is 0 Å². The van der Waals surface area contributed by atoms with Crippen molar-refractivity contribution in [2.24, 2.45) is 0 Å². The fraction of sp³-hybridized carbons (Fsp3) is 0.800. The number of hydrogen-bond acceptors (Lipinski definition) is 5. The van der Waals surface area contributed by atoms with Crippen molar-refractivity contribution in [2.45, 2.75) is 85.1 Å². The average Bonchev–Trinajstić information content (AvgIpc) is 2.70. The molecule has 0 spiro atoms. The summed E-state index contributed by atoms with van der Waals surface area (Å²) in [5.74, 6) is 0. The molecule has 0 aromatic heterocycles. The van der Waals surface area contributed by atoms with Crippen LogP contribution in [0.4, 0.5) is 0 Å². The summed E-state index contributed by atoms with van der Waals surface area (Å²) in [6.45, 7) is 17.4. The fourth-order valence-corrected chi connectivity index (χ4v) is 29.3. The molecule has 0 amide bonds. The predicted molar refractivity (Wildman–Crippen MR) is 149 cm³/mol. The number of nitrogens with zero attached hydrogens (tertiary/aromatic N) is 4. The minimum absolute atomic E-state index is 0.412. The molecular formula is C20H51N5Si5. The summed E-state index contributed by atoms with van der Waals surface area (Å²) in [7, 11) is 1.01. The molecule has 30 heavy (non-hydrogen) atoms. The predicted octanol–water partition coefficient (Wildman–Crippen LogP) is 3.15. The fourth-order valence-electron chi connectivity index (χ4n) is 4.15. The van der Waals surface area contributed by atoms with Gasteiger partial charge in [0.2, 0.25) is 8.40 Å². The van der Waals surface area contributed by atoms with Crippen LogP contribution in [0.2, 0.25) is 32.7 Å². The van der Waals surface area contributed by atoms with Crippen LogP contribution in [0.1, 0.15) is 52.4 Å². The van der Waals surface area contributed by atoms with Gasteiger partial charge in [-0.25, -0.2) is 0 Å². The Morgan fingerprint density at radius 1 is 0.767 bits per heavy atom. The zero-order valence-electron chi connectivity index (χ0n) is 21.8. The third-order valence-electron chi connectivity index (χ3n) is 7.46. The SMILES string of the molecule is CCCCC=CN1[SiH2]N[SiH2]N(C)[Si](C)(C)N(C)[Si](C)(C)N(C)[Si]1(C)C=CCCCC. The van der Waals surface area contributed by atoms with Gasteiger partial charge < -0.3 is 21.6 Å². The quantitative estimate of drug-likeness (QED) is 0.407. The summed E-state index contributed by atoms with van der Waals surface area (Å²) in [4.78, 5) is 0. The van der Waals surface area contributed by atoms with Gasteiger partial charge in [0.1, 0.15) is 0 Å². The Labute approximate surface area is 196 Å². The zero-order valence-corrected chi connectivity index (χ0v) is 27.6. The minimum Gasteiger partial charge on any atom is -0.409 e. The van der Waals surface area contributed by atoms with Gasteiger partial charge in [0.25, 0.3) is 0 Å². The van der Waals surface area contributed by atoms with Crippen molar-refractivity contribution < 1.29 is 0 Å². The van der Waals surface area contributed by atoms with Crippen LogP contribution in [0.25, 0.3) is 0 Å². The third-order valence-corrected chi connectivity index (χ3v) is 32.1. The van der Waals surface area contributed by atoms with Gasteiger partial charge >= 0.3 is 0 Å². The highest BCUT2D eigenvalue weighted by Gasteiger charge is 2.50. The first-order valence-electron chi connectivity index (χ1n) is 12.0. The van der Waals surface area contributed by atoms with Gasteiger partial charge in [-0.2, -0.15) is 0 Å². The van der Waals surface area contributed by atoms with Crippen LogP contribution in [-0.4, -0.2) is 82.9 Å². The van der Waals surface area contributed by atoms with Crippen LogP contribution >= 0.6 is 0 Å². The summed E-state index contributed by atoms with van der Waals surface area (Å²) in [5, 5.41) is 0. The first-order chi connectivity index (χ1) is 14.0. The Hall–Kier alpha value is 0.204. The van der Waals surface area contributed by atoms with Gasteiger partial charge in [0, 0.05) is 0 Å². The molecule has 0 saturated carbocycles. The van der Waals surface area contributed by atoms with Crippen LogP contribution < -0.4 is 4.65 Å². The molecule has 0 aliphatic carbocycles. The number of hydrogen-bond donors (Lipinski definition) is 1. The lowest BCUT2D eigenvalue weighted by atomic mass is 10.2. The number of unbranched alkanes of at least 4 members (excludes halogenated alkanes) is 4. The maximum absolute atomic E-state index is 4.05. The van der Waals surface area contributed by atoms with E-state index in [0.29, 0.717) is 0 Å². The molecule has 176 valence electrons. The lowest BCUT2D eigenvalue weighted by Crippen LogP contribution is -2.80. The Morgan fingerprint density at radius 2 is 1.33 bits per heavy atom. The van der Waals surface area contributed by atoms with E-state index >= 15 is 0 Å². The van der Waals surface area contributed by atoms with E-state index in [9.17, 15) is 0 Å². The number of nitrogens with one attached hydrogen (secondary N) is 1. The molecule has 1 atom stereocenters. The Kier molecular flexibility index (Phi) is 11.7. The second-order valence-corrected chi connectivity index (χ2v) is 28.9. The summed E-state index contributed by atoms with van der Waals surface area (Å²) < 4.78 is 15.4. The van der Waals surface area contributed by atoms with E-state index in [1.807, 2.05) is 0 Å². The van der Waals surface area contributed by atoms with Gasteiger partial charge in [-0.3, -0.25) is 0 Å². The molecular weight excluding hydrogens is 451 g/mol. The first-order valence-corrected chi connectivity index (χ1v) is 22.9. The normalized spacial score (nSPS) is 28.9. The molecule has 1 rings (SSSR count). The Balaban J connectivity index is 3.41. The standard InChI is InChI=1S/C20H51N5Si5/c1-11-13-15-17-19-25-27-21-26-22(3)28(6,7)23(4)29(8,9)24(5)30(25,10)20-18-16-14-12-2/h17-21H,11-16,26-27H2,1-10H3. The number of rotatable bonds is 8. The van der Waals surface area contributed by atoms with Gasteiger partial charge in [0.15, 0.2) is 36.5 Å². The highest BCUT2D eigenvalue weighted by atomic mass is 28.5. The van der Waals surface area contributed by atoms with Gasteiger partial charge in [0.05, 0.1) is 0 Å². The van der Waals surface area contributed by atoms with Crippen LogP contribution in [0.3, 0.4) is 0 Å². The van der Waals surface area contributed by atoms with Crippen LogP contribution in [-0.2, 0) is 0 Å². The van der Waals surface area contributed by atoms with Crippen LogP contribution in [0.5, 0.6) is 0 Å². The molecule has 0 bridgehead atoms. The van der Waals surface area contributed by atoms with Crippen molar-refractivity contribution in [3.63, 3.8) is 0 Å². The lowest BCUT2D eigenvalue weighted by Gasteiger charge is -2.57. The van der Waals surface area contributed by atoms with Gasteiger partial charge in [-0.1, -0.05) is 57.4 Å². The highest BCUT2D eigenvalue weighted by molar-refractivity contribution is 6.99. The van der Waals surface area contributed by atoms with E-state index in [2.05, 4.69) is 113 Å². The van der Waals surface area contributed by atoms with Gasteiger partial charge in [-0.05, 0) is 72.9 Å². The smallest absolute Gasteiger partial charge is 0.243 e. The lowest BCUT2D eigenvalue weighted by molar-refractivity contribution is 0.550. The van der Waals surface area contributed by atoms with Crippen molar-refractivity contribution in [1.29, 1.82) is 0 Å². The maximum Gasteiger partial charge on any atom is 0.243 e. The maximum atomic E-state index is 4.05. The van der Waals surface area contributed by atoms with Crippen LogP contribution in [0.15, 0.2) is 24.1 Å². The van der Waals surface area contributed by atoms with Crippen molar-refractivity contribution in [3.05, 3.63) is 24.1 Å². The van der Waals surface area contributed by atoms with Crippen LogP contribution in [0, 0.1) is 0 Å². The molecule has 1 heterocycles. The molecule has 1 N–H and O–H groups in total. The van der Waals surface area contributed by atoms with Crippen molar-refractivity contribution in [1.82, 2.24) is 21.6 Å². The molecule has 0 radical (unpaired) electrons. The number of allylic oxidation sites excluding steroid dienone is 2. The van der Waals surface area contributed by atoms with E-state index in [4.69, 9.17) is 0 Å². The minimum atomic E-state index is -1.93. The highest BCUT2D eigenvalue weighted by Crippen LogP contribution is 2.29. The Bertz CT molecular complexity index is 572. The molecule has 5 nitrogen and oxygen atoms in total. The summed E-state index contributed by atoms with van der Waals surface area (Å²) >= 11 is 0. The molecule has 10 heteroatoms. The van der Waals surface area contributed by atoms with Crippen molar-refractivity contribution in [3.8, 4) is 0 Å². The van der Waals surface area contributed by atoms with Crippen molar-refractivity contribution in [2.75, 3.05) is 21.1 Å². The topological polar surface area (TPSA) is 25.0 Å². The molecule has 1 fully saturated rings. The molecule has 0 aromatic carbocycles. The molecule has 0 aromatic rings. The average molecular weight is 502 g/mol. The molecule has 1 saturated heterocycles. The first kappa shape index (κ1) is 28.2. The van der Waals surface area contributed by atoms with E-state index in [-0.39, 0.29) is 0 Å². The molecule has 1 aliphatic heterocycles. The molecule has 1 unspecified atom stereocenters. The second-order valence-electron chi connectivity index (χ2n) is 10.0. The van der Waals surface area contributed by atoms with Crippen molar-refractivity contribution >= 4 is 44.9 Å². The summed E-state index contributed by atoms with van der Waals surface area (Å²) in [6.07, 6.45) is 15.0. The van der Waals surface area contributed by atoms with Gasteiger partial charge in [-0.15, -0.1) is 0 Å². The monoisotopic (exact) mass is 501 g/mol. The summed E-state index contributed by atoms with van der Waals surface area (Å²) in [6, 6.07) is 0. The third kappa shape index (κ3) is 6.85. The zero-order chi connectivity index (χ0) is 23.0. The summed E-state index contributed by atoms with van der Waals surface area (Å²) in [5.41, 5.74) is 2.66.